The molecule has 0 radical (unpaired) electrons. The van der Waals surface area contributed by atoms with Gasteiger partial charge in [0.05, 0.1) is 7.11 Å². The van der Waals surface area contributed by atoms with Crippen molar-refractivity contribution in [2.45, 2.75) is 43.7 Å². The van der Waals surface area contributed by atoms with Crippen molar-refractivity contribution >= 4 is 0 Å². The molecule has 1 aliphatic rings. The van der Waals surface area contributed by atoms with Crippen LogP contribution in [-0.4, -0.2) is 24.8 Å². The summed E-state index contributed by atoms with van der Waals surface area (Å²) < 4.78 is 5.25. The van der Waals surface area contributed by atoms with Gasteiger partial charge in [-0.2, -0.15) is 0 Å². The van der Waals surface area contributed by atoms with E-state index in [0.29, 0.717) is 12.6 Å². The summed E-state index contributed by atoms with van der Waals surface area (Å²) in [4.78, 5) is 0. The van der Waals surface area contributed by atoms with Crippen LogP contribution in [-0.2, 0) is 5.60 Å². The second-order valence-corrected chi connectivity index (χ2v) is 6.67. The molecular weight excluding hydrogens is 298 g/mol. The van der Waals surface area contributed by atoms with Crippen LogP contribution in [0.3, 0.4) is 0 Å². The molecule has 1 fully saturated rings. The predicted molar refractivity (Wildman–Crippen MR) is 97.3 cm³/mol. The number of hydrogen-bond donors (Lipinski definition) is 2. The van der Waals surface area contributed by atoms with Gasteiger partial charge in [-0.05, 0) is 36.1 Å². The van der Waals surface area contributed by atoms with Gasteiger partial charge in [-0.3, -0.25) is 0 Å². The molecule has 0 heterocycles. The number of hydrogen-bond acceptors (Lipinski definition) is 3. The lowest BCUT2D eigenvalue weighted by molar-refractivity contribution is 0.0745. The first-order valence-electron chi connectivity index (χ1n) is 8.88. The van der Waals surface area contributed by atoms with Crippen LogP contribution < -0.4 is 10.1 Å². The Hall–Kier alpha value is -1.84. The molecule has 0 amide bonds. The molecule has 1 saturated carbocycles. The third-order valence-electron chi connectivity index (χ3n) is 5.07. The fraction of sp³-hybridized carbons (Fsp3) is 0.429. The fourth-order valence-electron chi connectivity index (χ4n) is 3.55. The summed E-state index contributed by atoms with van der Waals surface area (Å²) in [7, 11) is 1.66. The number of methoxy groups -OCH3 is 1. The topological polar surface area (TPSA) is 41.5 Å². The molecule has 1 atom stereocenters. The van der Waals surface area contributed by atoms with Crippen LogP contribution in [0.2, 0.25) is 0 Å². The van der Waals surface area contributed by atoms with Crippen LogP contribution in [0.15, 0.2) is 54.6 Å². The maximum Gasteiger partial charge on any atom is 0.127 e. The molecule has 2 N–H and O–H groups in total. The summed E-state index contributed by atoms with van der Waals surface area (Å²) in [6.07, 6.45) is 6.30. The summed E-state index contributed by atoms with van der Waals surface area (Å²) in [6.45, 7) is 0.522. The summed E-state index contributed by atoms with van der Waals surface area (Å²) in [5.74, 6) is 0.800. The van der Waals surface area contributed by atoms with E-state index in [2.05, 4.69) is 5.32 Å². The Labute approximate surface area is 144 Å². The van der Waals surface area contributed by atoms with Crippen molar-refractivity contribution in [1.29, 1.82) is 0 Å². The van der Waals surface area contributed by atoms with Crippen molar-refractivity contribution in [2.75, 3.05) is 13.7 Å². The van der Waals surface area contributed by atoms with Crippen molar-refractivity contribution in [3.63, 3.8) is 0 Å². The molecule has 0 bridgehead atoms. The first-order chi connectivity index (χ1) is 11.7. The molecule has 2 aromatic rings. The van der Waals surface area contributed by atoms with E-state index >= 15 is 0 Å². The van der Waals surface area contributed by atoms with Crippen molar-refractivity contribution in [3.8, 4) is 5.75 Å². The fourth-order valence-corrected chi connectivity index (χ4v) is 3.55. The highest BCUT2D eigenvalue weighted by molar-refractivity contribution is 5.39. The zero-order valence-corrected chi connectivity index (χ0v) is 14.4. The van der Waals surface area contributed by atoms with E-state index in [-0.39, 0.29) is 0 Å². The minimum Gasteiger partial charge on any atom is -0.497 e. The Morgan fingerprint density at radius 1 is 0.958 bits per heavy atom. The zero-order chi connectivity index (χ0) is 16.8. The molecule has 0 aromatic heterocycles. The quantitative estimate of drug-likeness (QED) is 0.847. The second kappa shape index (κ2) is 7.82. The van der Waals surface area contributed by atoms with Crippen LogP contribution in [0.25, 0.3) is 0 Å². The monoisotopic (exact) mass is 325 g/mol. The van der Waals surface area contributed by atoms with Gasteiger partial charge in [-0.25, -0.2) is 0 Å². The van der Waals surface area contributed by atoms with Crippen LogP contribution in [0, 0.1) is 0 Å². The van der Waals surface area contributed by atoms with E-state index < -0.39 is 5.60 Å². The Bertz CT molecular complexity index is 620. The highest BCUT2D eigenvalue weighted by Crippen LogP contribution is 2.31. The van der Waals surface area contributed by atoms with Gasteiger partial charge in [0.15, 0.2) is 0 Å². The normalized spacial score (nSPS) is 18.1. The van der Waals surface area contributed by atoms with Crippen molar-refractivity contribution in [3.05, 3.63) is 65.7 Å². The third kappa shape index (κ3) is 3.80. The molecule has 0 saturated heterocycles. The van der Waals surface area contributed by atoms with Gasteiger partial charge < -0.3 is 15.2 Å². The maximum absolute atomic E-state index is 11.5. The summed E-state index contributed by atoms with van der Waals surface area (Å²) in [5, 5.41) is 15.2. The van der Waals surface area contributed by atoms with Gasteiger partial charge in [-0.15, -0.1) is 0 Å². The molecule has 3 rings (SSSR count). The minimum absolute atomic E-state index is 0.507. The van der Waals surface area contributed by atoms with Gasteiger partial charge in [-0.1, -0.05) is 61.7 Å². The number of nitrogens with one attached hydrogen (secondary N) is 1. The largest absolute Gasteiger partial charge is 0.497 e. The van der Waals surface area contributed by atoms with Crippen LogP contribution in [0.1, 0.15) is 43.2 Å². The maximum atomic E-state index is 11.5. The molecule has 0 spiro atoms. The van der Waals surface area contributed by atoms with Gasteiger partial charge in [0.2, 0.25) is 0 Å². The number of ether oxygens (including phenoxy) is 1. The standard InChI is InChI=1S/C21H27NO2/c1-24-20-14-12-18(13-15-20)21(23,17-8-4-2-5-9-17)16-22-19-10-6-3-7-11-19/h2,4-5,8-9,12-15,19,22-23H,3,6-7,10-11,16H2,1H3/t21-/m0/s1. The first-order valence-corrected chi connectivity index (χ1v) is 8.88. The van der Waals surface area contributed by atoms with Crippen molar-refractivity contribution in [2.24, 2.45) is 0 Å². The zero-order valence-electron chi connectivity index (χ0n) is 14.4. The van der Waals surface area contributed by atoms with E-state index in [1.165, 1.54) is 32.1 Å². The molecule has 128 valence electrons. The number of benzene rings is 2. The highest BCUT2D eigenvalue weighted by atomic mass is 16.5. The van der Waals surface area contributed by atoms with E-state index in [1.54, 1.807) is 7.11 Å². The van der Waals surface area contributed by atoms with Gasteiger partial charge >= 0.3 is 0 Å². The summed E-state index contributed by atoms with van der Waals surface area (Å²) >= 11 is 0. The molecule has 0 aliphatic heterocycles. The average Bonchev–Trinajstić information content (AvgIpc) is 2.68. The Morgan fingerprint density at radius 3 is 2.21 bits per heavy atom. The predicted octanol–water partition coefficient (Wildman–Crippen LogP) is 3.85. The molecular formula is C21H27NO2. The second-order valence-electron chi connectivity index (χ2n) is 6.67. The van der Waals surface area contributed by atoms with E-state index in [9.17, 15) is 5.11 Å². The number of aliphatic hydroxyl groups is 1. The van der Waals surface area contributed by atoms with Gasteiger partial charge in [0.1, 0.15) is 11.4 Å². The molecule has 3 heteroatoms. The average molecular weight is 325 g/mol. The molecule has 24 heavy (non-hydrogen) atoms. The van der Waals surface area contributed by atoms with Crippen LogP contribution in [0.4, 0.5) is 0 Å². The minimum atomic E-state index is -1.04. The lowest BCUT2D eigenvalue weighted by Crippen LogP contribution is -2.44. The van der Waals surface area contributed by atoms with E-state index in [4.69, 9.17) is 4.74 Å². The molecule has 1 aliphatic carbocycles. The van der Waals surface area contributed by atoms with Crippen LogP contribution in [0.5, 0.6) is 5.75 Å². The summed E-state index contributed by atoms with van der Waals surface area (Å²) in [5.41, 5.74) is 0.765. The first kappa shape index (κ1) is 17.0. The number of rotatable bonds is 6. The molecule has 3 nitrogen and oxygen atoms in total. The van der Waals surface area contributed by atoms with Crippen molar-refractivity contribution in [1.82, 2.24) is 5.32 Å². The van der Waals surface area contributed by atoms with Gasteiger partial charge in [0.25, 0.3) is 0 Å². The van der Waals surface area contributed by atoms with Crippen molar-refractivity contribution < 1.29 is 9.84 Å². The third-order valence-corrected chi connectivity index (χ3v) is 5.07. The lowest BCUT2D eigenvalue weighted by Gasteiger charge is -2.33. The molecule has 0 unspecified atom stereocenters. The SMILES string of the molecule is COc1ccc([C@](O)(CNC2CCCCC2)c2ccccc2)cc1. The highest BCUT2D eigenvalue weighted by Gasteiger charge is 2.32. The lowest BCUT2D eigenvalue weighted by atomic mass is 9.85. The molecule has 2 aromatic carbocycles. The Morgan fingerprint density at radius 2 is 1.58 bits per heavy atom. The summed E-state index contributed by atoms with van der Waals surface area (Å²) in [6, 6.07) is 18.1. The smallest absolute Gasteiger partial charge is 0.127 e. The van der Waals surface area contributed by atoms with E-state index in [1.807, 2.05) is 54.6 Å². The van der Waals surface area contributed by atoms with Gasteiger partial charge in [0, 0.05) is 12.6 Å². The Kier molecular flexibility index (Phi) is 5.54. The Balaban J connectivity index is 1.85. The van der Waals surface area contributed by atoms with Crippen LogP contribution >= 0.6 is 0 Å². The van der Waals surface area contributed by atoms with E-state index in [0.717, 1.165) is 16.9 Å².